The number of carbonyl (C=O) groups excluding carboxylic acids is 2. The highest BCUT2D eigenvalue weighted by Gasteiger charge is 2.54. The quantitative estimate of drug-likeness (QED) is 0.758. The lowest BCUT2D eigenvalue weighted by molar-refractivity contribution is -0.148. The van der Waals surface area contributed by atoms with Crippen molar-refractivity contribution in [3.63, 3.8) is 0 Å². The molecular weight excluding hydrogens is 358 g/mol. The molecule has 3 saturated heterocycles. The van der Waals surface area contributed by atoms with Crippen LogP contribution in [-0.4, -0.2) is 95.0 Å². The van der Waals surface area contributed by atoms with E-state index >= 15 is 0 Å². The summed E-state index contributed by atoms with van der Waals surface area (Å²) in [6, 6.07) is 1.84. The molecule has 4 heterocycles. The van der Waals surface area contributed by atoms with Gasteiger partial charge in [0.2, 0.25) is 5.91 Å². The Morgan fingerprint density at radius 1 is 1.14 bits per heavy atom. The Morgan fingerprint density at radius 2 is 1.93 bits per heavy atom. The van der Waals surface area contributed by atoms with E-state index < -0.39 is 5.41 Å². The molecule has 4 rings (SSSR count). The van der Waals surface area contributed by atoms with Crippen LogP contribution in [0.2, 0.25) is 0 Å². The Labute approximate surface area is 165 Å². The van der Waals surface area contributed by atoms with Crippen molar-refractivity contribution in [2.24, 2.45) is 5.41 Å². The van der Waals surface area contributed by atoms with Crippen LogP contribution in [-0.2, 0) is 9.53 Å². The summed E-state index contributed by atoms with van der Waals surface area (Å²) in [6.07, 6.45) is 5.40. The lowest BCUT2D eigenvalue weighted by Gasteiger charge is -2.40. The highest BCUT2D eigenvalue weighted by Crippen LogP contribution is 2.45. The van der Waals surface area contributed by atoms with Crippen LogP contribution >= 0.6 is 0 Å². The summed E-state index contributed by atoms with van der Waals surface area (Å²) in [5, 5.41) is 0. The van der Waals surface area contributed by atoms with Gasteiger partial charge in [0, 0.05) is 38.4 Å². The lowest BCUT2D eigenvalue weighted by atomic mass is 9.75. The van der Waals surface area contributed by atoms with E-state index in [0.29, 0.717) is 51.5 Å². The van der Waals surface area contributed by atoms with Crippen LogP contribution < -0.4 is 0 Å². The third-order valence-electron chi connectivity index (χ3n) is 6.64. The number of morpholine rings is 1. The van der Waals surface area contributed by atoms with Crippen molar-refractivity contribution >= 4 is 11.8 Å². The molecule has 152 valence electrons. The van der Waals surface area contributed by atoms with Gasteiger partial charge in [-0.05, 0) is 38.4 Å². The van der Waals surface area contributed by atoms with Crippen LogP contribution in [0, 0.1) is 5.41 Å². The number of carbonyl (C=O) groups is 2. The van der Waals surface area contributed by atoms with Gasteiger partial charge in [-0.15, -0.1) is 0 Å². The Morgan fingerprint density at radius 3 is 2.64 bits per heavy atom. The third kappa shape index (κ3) is 3.39. The second-order valence-corrected chi connectivity index (χ2v) is 7.88. The predicted molar refractivity (Wildman–Crippen MR) is 103 cm³/mol. The van der Waals surface area contributed by atoms with Gasteiger partial charge in [0.05, 0.1) is 18.6 Å². The molecular formula is C20H29N5O3. The molecule has 0 radical (unpaired) electrons. The number of hydrogen-bond acceptors (Lipinski definition) is 6. The van der Waals surface area contributed by atoms with Crippen molar-refractivity contribution in [2.45, 2.75) is 32.2 Å². The van der Waals surface area contributed by atoms with Crippen molar-refractivity contribution in [2.75, 3.05) is 52.5 Å². The van der Waals surface area contributed by atoms with Gasteiger partial charge in [-0.25, -0.2) is 9.97 Å². The molecule has 1 aromatic rings. The van der Waals surface area contributed by atoms with Crippen molar-refractivity contribution in [3.05, 3.63) is 24.3 Å². The van der Waals surface area contributed by atoms with Gasteiger partial charge in [-0.1, -0.05) is 6.92 Å². The molecule has 2 amide bonds. The lowest BCUT2D eigenvalue weighted by Crippen LogP contribution is -2.53. The molecule has 0 aliphatic carbocycles. The molecule has 28 heavy (non-hydrogen) atoms. The topological polar surface area (TPSA) is 78.9 Å². The normalized spacial score (nSPS) is 28.7. The number of amides is 2. The number of ether oxygens (including phenoxy) is 1. The van der Waals surface area contributed by atoms with E-state index in [2.05, 4.69) is 21.8 Å². The maximum Gasteiger partial charge on any atom is 0.272 e. The molecule has 3 fully saturated rings. The average molecular weight is 387 g/mol. The highest BCUT2D eigenvalue weighted by atomic mass is 16.5. The molecule has 0 aromatic carbocycles. The SMILES string of the molecule is CCN1CC[C@]2(C(=O)N3CCOCC3)CCN(C(=O)c3ccncn3)CC[C@H]12. The van der Waals surface area contributed by atoms with Gasteiger partial charge < -0.3 is 14.5 Å². The number of aromatic nitrogens is 2. The summed E-state index contributed by atoms with van der Waals surface area (Å²) in [7, 11) is 0. The number of nitrogens with zero attached hydrogens (tertiary/aromatic N) is 5. The molecule has 3 aliphatic rings. The summed E-state index contributed by atoms with van der Waals surface area (Å²) in [4.78, 5) is 40.8. The number of hydrogen-bond donors (Lipinski definition) is 0. The van der Waals surface area contributed by atoms with Crippen molar-refractivity contribution in [1.29, 1.82) is 0 Å². The van der Waals surface area contributed by atoms with Crippen LogP contribution in [0.15, 0.2) is 18.6 Å². The largest absolute Gasteiger partial charge is 0.378 e. The summed E-state index contributed by atoms with van der Waals surface area (Å²) in [6.45, 7) is 7.86. The molecule has 2 atom stereocenters. The van der Waals surface area contributed by atoms with E-state index in [9.17, 15) is 9.59 Å². The zero-order valence-electron chi connectivity index (χ0n) is 16.5. The van der Waals surface area contributed by atoms with E-state index in [4.69, 9.17) is 4.74 Å². The Hall–Kier alpha value is -2.06. The fourth-order valence-corrected chi connectivity index (χ4v) is 5.09. The fraction of sp³-hybridized carbons (Fsp3) is 0.700. The fourth-order valence-electron chi connectivity index (χ4n) is 5.09. The molecule has 0 spiro atoms. The van der Waals surface area contributed by atoms with Crippen molar-refractivity contribution in [1.82, 2.24) is 24.7 Å². The number of fused-ring (bicyclic) bond motifs is 1. The Kier molecular flexibility index (Phi) is 5.59. The minimum absolute atomic E-state index is 0.0700. The maximum absolute atomic E-state index is 13.6. The van der Waals surface area contributed by atoms with E-state index in [1.165, 1.54) is 6.33 Å². The van der Waals surface area contributed by atoms with Crippen molar-refractivity contribution < 1.29 is 14.3 Å². The summed E-state index contributed by atoms with van der Waals surface area (Å²) in [5.74, 6) is 0.187. The zero-order chi connectivity index (χ0) is 19.6. The van der Waals surface area contributed by atoms with Gasteiger partial charge in [0.1, 0.15) is 12.0 Å². The number of rotatable bonds is 3. The van der Waals surface area contributed by atoms with Gasteiger partial charge in [-0.3, -0.25) is 14.5 Å². The Bertz CT molecular complexity index is 709. The molecule has 3 aliphatic heterocycles. The van der Waals surface area contributed by atoms with E-state index in [0.717, 1.165) is 25.9 Å². The monoisotopic (exact) mass is 387 g/mol. The maximum atomic E-state index is 13.6. The third-order valence-corrected chi connectivity index (χ3v) is 6.64. The van der Waals surface area contributed by atoms with E-state index in [-0.39, 0.29) is 17.9 Å². The van der Waals surface area contributed by atoms with Crippen LogP contribution in [0.1, 0.15) is 36.7 Å². The smallest absolute Gasteiger partial charge is 0.272 e. The Balaban J connectivity index is 1.56. The molecule has 8 nitrogen and oxygen atoms in total. The van der Waals surface area contributed by atoms with Gasteiger partial charge in [0.15, 0.2) is 0 Å². The first-order valence-corrected chi connectivity index (χ1v) is 10.3. The standard InChI is InChI=1S/C20H29N5O3/c1-2-23-9-5-20(19(27)25-11-13-28-14-12-25)6-10-24(8-4-17(20)23)18(26)16-3-7-21-15-22-16/h3,7,15,17H,2,4-6,8-14H2,1H3/t17-,20-/m0/s1. The number of likely N-dealkylation sites (tertiary alicyclic amines) is 2. The van der Waals surface area contributed by atoms with Crippen LogP contribution in [0.5, 0.6) is 0 Å². The van der Waals surface area contributed by atoms with Crippen LogP contribution in [0.25, 0.3) is 0 Å². The van der Waals surface area contributed by atoms with Gasteiger partial charge in [-0.2, -0.15) is 0 Å². The minimum Gasteiger partial charge on any atom is -0.378 e. The van der Waals surface area contributed by atoms with Crippen molar-refractivity contribution in [3.8, 4) is 0 Å². The summed E-state index contributed by atoms with van der Waals surface area (Å²) < 4.78 is 5.44. The second-order valence-electron chi connectivity index (χ2n) is 7.88. The molecule has 1 aromatic heterocycles. The van der Waals surface area contributed by atoms with Crippen LogP contribution in [0.4, 0.5) is 0 Å². The molecule has 0 bridgehead atoms. The average Bonchev–Trinajstić information content (AvgIpc) is 3.01. The van der Waals surface area contributed by atoms with E-state index in [1.54, 1.807) is 12.3 Å². The second kappa shape index (κ2) is 8.13. The first-order chi connectivity index (χ1) is 13.7. The van der Waals surface area contributed by atoms with Gasteiger partial charge >= 0.3 is 0 Å². The van der Waals surface area contributed by atoms with Gasteiger partial charge in [0.25, 0.3) is 5.91 Å². The molecule has 0 unspecified atom stereocenters. The first kappa shape index (κ1) is 19.3. The molecule has 0 N–H and O–H groups in total. The summed E-state index contributed by atoms with van der Waals surface area (Å²) >= 11 is 0. The zero-order valence-corrected chi connectivity index (χ0v) is 16.5. The predicted octanol–water partition coefficient (Wildman–Crippen LogP) is 0.652. The highest BCUT2D eigenvalue weighted by molar-refractivity contribution is 5.92. The first-order valence-electron chi connectivity index (χ1n) is 10.3. The van der Waals surface area contributed by atoms with Crippen LogP contribution in [0.3, 0.4) is 0 Å². The molecule has 8 heteroatoms. The summed E-state index contributed by atoms with van der Waals surface area (Å²) in [5.41, 5.74) is 0.0246. The minimum atomic E-state index is -0.395. The van der Waals surface area contributed by atoms with E-state index in [1.807, 2.05) is 9.80 Å². The molecule has 0 saturated carbocycles.